The van der Waals surface area contributed by atoms with Crippen molar-refractivity contribution in [3.05, 3.63) is 81.7 Å². The molecule has 0 spiro atoms. The van der Waals surface area contributed by atoms with Crippen LogP contribution in [0.5, 0.6) is 5.88 Å². The quantitative estimate of drug-likeness (QED) is 0.338. The van der Waals surface area contributed by atoms with E-state index in [4.69, 9.17) is 23.7 Å². The fourth-order valence-corrected chi connectivity index (χ4v) is 4.42. The maximum Gasteiger partial charge on any atom is 0.439 e. The van der Waals surface area contributed by atoms with Gasteiger partial charge in [-0.2, -0.15) is 4.98 Å². The van der Waals surface area contributed by atoms with E-state index in [0.29, 0.717) is 37.2 Å². The first-order valence-corrected chi connectivity index (χ1v) is 12.6. The molecule has 1 aliphatic rings. The summed E-state index contributed by atoms with van der Waals surface area (Å²) in [7, 11) is 0. The molecule has 0 atom stereocenters. The average molecular weight is 503 g/mol. The van der Waals surface area contributed by atoms with Gasteiger partial charge in [0.1, 0.15) is 12.4 Å². The zero-order chi connectivity index (χ0) is 25.6. The lowest BCUT2D eigenvalue weighted by Gasteiger charge is -2.17. The fraction of sp³-hybridized carbons (Fsp3) is 0.357. The summed E-state index contributed by atoms with van der Waals surface area (Å²) >= 11 is 0. The van der Waals surface area contributed by atoms with Gasteiger partial charge in [-0.3, -0.25) is 9.51 Å². The number of aryl methyl sites for hydroxylation is 2. The van der Waals surface area contributed by atoms with Crippen LogP contribution in [0.2, 0.25) is 0 Å². The molecule has 2 aromatic carbocycles. The summed E-state index contributed by atoms with van der Waals surface area (Å²) in [5.41, 5.74) is 5.86. The van der Waals surface area contributed by atoms with Gasteiger partial charge < -0.3 is 14.2 Å². The summed E-state index contributed by atoms with van der Waals surface area (Å²) in [4.78, 5) is 23.5. The third-order valence-electron chi connectivity index (χ3n) is 6.25. The number of ether oxygens (including phenoxy) is 3. The van der Waals surface area contributed by atoms with Crippen LogP contribution < -0.4 is 10.5 Å². The minimum absolute atomic E-state index is 0.288. The molecule has 1 N–H and O–H groups in total. The maximum absolute atomic E-state index is 11.5. The molecule has 0 saturated carbocycles. The first kappa shape index (κ1) is 24.9. The fourth-order valence-electron chi connectivity index (χ4n) is 4.42. The molecule has 4 aromatic rings. The number of benzene rings is 2. The monoisotopic (exact) mass is 502 g/mol. The highest BCUT2D eigenvalue weighted by molar-refractivity contribution is 5.80. The van der Waals surface area contributed by atoms with Gasteiger partial charge in [0.2, 0.25) is 5.88 Å². The second kappa shape index (κ2) is 11.5. The maximum atomic E-state index is 11.5. The van der Waals surface area contributed by atoms with Gasteiger partial charge in [0.15, 0.2) is 12.1 Å². The summed E-state index contributed by atoms with van der Waals surface area (Å²) in [6.07, 6.45) is 3.25. The van der Waals surface area contributed by atoms with E-state index in [1.165, 1.54) is 0 Å². The molecule has 37 heavy (non-hydrogen) atoms. The van der Waals surface area contributed by atoms with Crippen molar-refractivity contribution in [3.63, 3.8) is 0 Å². The zero-order valence-corrected chi connectivity index (χ0v) is 21.0. The van der Waals surface area contributed by atoms with Crippen LogP contribution in [0.3, 0.4) is 0 Å². The molecule has 1 fully saturated rings. The van der Waals surface area contributed by atoms with Crippen molar-refractivity contribution >= 4 is 0 Å². The summed E-state index contributed by atoms with van der Waals surface area (Å²) in [5, 5.41) is 3.85. The predicted molar refractivity (Wildman–Crippen MR) is 137 cm³/mol. The van der Waals surface area contributed by atoms with Crippen molar-refractivity contribution in [3.8, 4) is 28.4 Å². The number of aromatic nitrogens is 4. The van der Waals surface area contributed by atoms with Crippen molar-refractivity contribution in [2.24, 2.45) is 0 Å². The molecule has 0 amide bonds. The highest BCUT2D eigenvalue weighted by atomic mass is 16.7. The SMILES string of the molecule is CCCCc1nc(C)nc(OCC2OCCO2)c1Cc1ccc(-c2ccccc2-c2noc(=O)[nH]2)cc1. The Morgan fingerprint density at radius 1 is 1.03 bits per heavy atom. The third kappa shape index (κ3) is 5.95. The van der Waals surface area contributed by atoms with Gasteiger partial charge in [0.05, 0.1) is 18.9 Å². The van der Waals surface area contributed by atoms with Crippen molar-refractivity contribution in [2.45, 2.75) is 45.8 Å². The van der Waals surface area contributed by atoms with E-state index >= 15 is 0 Å². The van der Waals surface area contributed by atoms with Gasteiger partial charge >= 0.3 is 5.76 Å². The van der Waals surface area contributed by atoms with Crippen LogP contribution in [0.1, 0.15) is 42.4 Å². The van der Waals surface area contributed by atoms with Gasteiger partial charge in [-0.05, 0) is 36.5 Å². The minimum atomic E-state index is -0.580. The summed E-state index contributed by atoms with van der Waals surface area (Å²) < 4.78 is 21.9. The van der Waals surface area contributed by atoms with E-state index in [0.717, 1.165) is 52.8 Å². The number of nitrogens with zero attached hydrogens (tertiary/aromatic N) is 3. The number of unbranched alkanes of at least 4 members (excludes halogenated alkanes) is 1. The van der Waals surface area contributed by atoms with E-state index in [1.807, 2.05) is 31.2 Å². The topological polar surface area (TPSA) is 112 Å². The Bertz CT molecular complexity index is 1390. The van der Waals surface area contributed by atoms with Gasteiger partial charge in [0, 0.05) is 17.5 Å². The van der Waals surface area contributed by atoms with E-state index < -0.39 is 5.76 Å². The molecular formula is C28H30N4O5. The van der Waals surface area contributed by atoms with Gasteiger partial charge in [-0.15, -0.1) is 0 Å². The summed E-state index contributed by atoms with van der Waals surface area (Å²) in [6.45, 7) is 5.51. The van der Waals surface area contributed by atoms with E-state index in [-0.39, 0.29) is 12.9 Å². The van der Waals surface area contributed by atoms with Crippen LogP contribution in [-0.4, -0.2) is 46.2 Å². The number of aromatic amines is 1. The molecule has 192 valence electrons. The minimum Gasteiger partial charge on any atom is -0.472 e. The largest absolute Gasteiger partial charge is 0.472 e. The summed E-state index contributed by atoms with van der Waals surface area (Å²) in [6, 6.07) is 16.1. The first-order valence-electron chi connectivity index (χ1n) is 12.6. The highest BCUT2D eigenvalue weighted by Gasteiger charge is 2.20. The van der Waals surface area contributed by atoms with E-state index in [9.17, 15) is 4.79 Å². The molecule has 9 heteroatoms. The lowest BCUT2D eigenvalue weighted by Crippen LogP contribution is -2.20. The zero-order valence-electron chi connectivity index (χ0n) is 21.0. The van der Waals surface area contributed by atoms with Crippen LogP contribution in [0.15, 0.2) is 57.8 Å². The molecule has 3 heterocycles. The van der Waals surface area contributed by atoms with Crippen molar-refractivity contribution in [1.82, 2.24) is 20.1 Å². The second-order valence-electron chi connectivity index (χ2n) is 8.95. The van der Waals surface area contributed by atoms with Crippen molar-refractivity contribution < 1.29 is 18.7 Å². The normalized spacial score (nSPS) is 13.8. The summed E-state index contributed by atoms with van der Waals surface area (Å²) in [5.74, 6) is 1.10. The van der Waals surface area contributed by atoms with Gasteiger partial charge in [0.25, 0.3) is 0 Å². The number of nitrogens with one attached hydrogen (secondary N) is 1. The first-order chi connectivity index (χ1) is 18.1. The number of rotatable bonds is 10. The smallest absolute Gasteiger partial charge is 0.439 e. The van der Waals surface area contributed by atoms with Gasteiger partial charge in [-0.25, -0.2) is 9.78 Å². The lowest BCUT2D eigenvalue weighted by atomic mass is 9.96. The van der Waals surface area contributed by atoms with Crippen LogP contribution in [0.25, 0.3) is 22.5 Å². The van der Waals surface area contributed by atoms with E-state index in [1.54, 1.807) is 0 Å². The third-order valence-corrected chi connectivity index (χ3v) is 6.25. The molecule has 2 aromatic heterocycles. The number of hydrogen-bond donors (Lipinski definition) is 1. The number of hydrogen-bond acceptors (Lipinski definition) is 8. The Kier molecular flexibility index (Phi) is 7.72. The van der Waals surface area contributed by atoms with Crippen LogP contribution in [0.4, 0.5) is 0 Å². The Morgan fingerprint density at radius 3 is 2.49 bits per heavy atom. The average Bonchev–Trinajstić information content (AvgIpc) is 3.60. The standard InChI is InChI=1S/C28H30N4O5/c1-3-4-9-24-23(27(30-18(2)29-24)36-17-25-34-14-15-35-25)16-19-10-12-20(13-11-19)21-7-5-6-8-22(21)26-31-28(33)37-32-26/h5-8,10-13,25H,3-4,9,14-17H2,1-2H3,(H,31,32,33). The van der Waals surface area contributed by atoms with Crippen LogP contribution in [0, 0.1) is 6.92 Å². The molecule has 0 bridgehead atoms. The van der Waals surface area contributed by atoms with E-state index in [2.05, 4.69) is 46.3 Å². The Morgan fingerprint density at radius 2 is 1.78 bits per heavy atom. The van der Waals surface area contributed by atoms with Crippen LogP contribution >= 0.6 is 0 Å². The highest BCUT2D eigenvalue weighted by Crippen LogP contribution is 2.31. The lowest BCUT2D eigenvalue weighted by molar-refractivity contribution is -0.0693. The Labute approximate surface area is 214 Å². The number of H-pyrrole nitrogens is 1. The predicted octanol–water partition coefficient (Wildman–Crippen LogP) is 4.48. The molecule has 5 rings (SSSR count). The molecule has 1 aliphatic heterocycles. The van der Waals surface area contributed by atoms with Crippen LogP contribution in [-0.2, 0) is 22.3 Å². The van der Waals surface area contributed by atoms with Crippen molar-refractivity contribution in [2.75, 3.05) is 19.8 Å². The van der Waals surface area contributed by atoms with Crippen molar-refractivity contribution in [1.29, 1.82) is 0 Å². The molecule has 9 nitrogen and oxygen atoms in total. The molecule has 0 radical (unpaired) electrons. The Hall–Kier alpha value is -3.82. The molecule has 0 aliphatic carbocycles. The molecule has 1 saturated heterocycles. The van der Waals surface area contributed by atoms with Gasteiger partial charge in [-0.1, -0.05) is 67.0 Å². The molecular weight excluding hydrogens is 472 g/mol. The molecule has 0 unspecified atom stereocenters. The second-order valence-corrected chi connectivity index (χ2v) is 8.95. The Balaban J connectivity index is 1.42.